The van der Waals surface area contributed by atoms with Crippen molar-refractivity contribution in [3.63, 3.8) is 0 Å². The molecule has 1 saturated heterocycles. The molecule has 0 radical (unpaired) electrons. The van der Waals surface area contributed by atoms with Gasteiger partial charge in [0.15, 0.2) is 0 Å². The van der Waals surface area contributed by atoms with Crippen LogP contribution in [0.15, 0.2) is 23.3 Å². The Hall–Kier alpha value is -2.15. The minimum absolute atomic E-state index is 0.0943. The second kappa shape index (κ2) is 6.76. The lowest BCUT2D eigenvalue weighted by Crippen LogP contribution is -2.34. The van der Waals surface area contributed by atoms with E-state index in [2.05, 4.69) is 38.7 Å². The van der Waals surface area contributed by atoms with E-state index in [1.54, 1.807) is 6.92 Å². The minimum atomic E-state index is -0.141. The van der Waals surface area contributed by atoms with E-state index in [1.165, 1.54) is 6.07 Å². The molecule has 1 atom stereocenters. The second-order valence-corrected chi connectivity index (χ2v) is 6.94. The van der Waals surface area contributed by atoms with Crippen molar-refractivity contribution in [1.82, 2.24) is 19.5 Å². The van der Waals surface area contributed by atoms with Gasteiger partial charge in [-0.2, -0.15) is 0 Å². The monoisotopic (exact) mass is 331 g/mol. The molecule has 7 heteroatoms. The predicted octanol–water partition coefficient (Wildman–Crippen LogP) is 2.06. The van der Waals surface area contributed by atoms with Gasteiger partial charge >= 0.3 is 0 Å². The SMILES string of the molecule is Cc1cc(=O)[nH]c(NCCn2ccnc2C2CCOC(C)(C)C2)n1. The minimum Gasteiger partial charge on any atom is -0.376 e. The van der Waals surface area contributed by atoms with Gasteiger partial charge in [-0.1, -0.05) is 0 Å². The first-order valence-corrected chi connectivity index (χ1v) is 8.40. The van der Waals surface area contributed by atoms with Crippen LogP contribution >= 0.6 is 0 Å². The maximum atomic E-state index is 11.5. The quantitative estimate of drug-likeness (QED) is 0.876. The molecule has 130 valence electrons. The molecular formula is C17H25N5O2. The van der Waals surface area contributed by atoms with Crippen molar-refractivity contribution in [2.24, 2.45) is 0 Å². The Morgan fingerprint density at radius 3 is 3.08 bits per heavy atom. The topological polar surface area (TPSA) is 84.8 Å². The predicted molar refractivity (Wildman–Crippen MR) is 92.3 cm³/mol. The van der Waals surface area contributed by atoms with Crippen molar-refractivity contribution in [2.45, 2.75) is 51.7 Å². The highest BCUT2D eigenvalue weighted by Gasteiger charge is 2.31. The third-order valence-electron chi connectivity index (χ3n) is 4.32. The lowest BCUT2D eigenvalue weighted by atomic mass is 9.88. The summed E-state index contributed by atoms with van der Waals surface area (Å²) >= 11 is 0. The molecule has 1 fully saturated rings. The highest BCUT2D eigenvalue weighted by molar-refractivity contribution is 5.24. The van der Waals surface area contributed by atoms with Crippen molar-refractivity contribution in [2.75, 3.05) is 18.5 Å². The largest absolute Gasteiger partial charge is 0.376 e. The summed E-state index contributed by atoms with van der Waals surface area (Å²) < 4.78 is 7.98. The van der Waals surface area contributed by atoms with E-state index in [1.807, 2.05) is 12.4 Å². The summed E-state index contributed by atoms with van der Waals surface area (Å²) in [7, 11) is 0. The van der Waals surface area contributed by atoms with Crippen LogP contribution in [-0.2, 0) is 11.3 Å². The summed E-state index contributed by atoms with van der Waals surface area (Å²) in [4.78, 5) is 23.0. The Kier molecular flexibility index (Phi) is 4.71. The van der Waals surface area contributed by atoms with Gasteiger partial charge < -0.3 is 14.6 Å². The molecule has 2 aromatic heterocycles. The van der Waals surface area contributed by atoms with Crippen molar-refractivity contribution >= 4 is 5.95 Å². The number of aryl methyl sites for hydroxylation is 1. The fourth-order valence-corrected chi connectivity index (χ4v) is 3.28. The van der Waals surface area contributed by atoms with E-state index >= 15 is 0 Å². The van der Waals surface area contributed by atoms with E-state index < -0.39 is 0 Å². The summed E-state index contributed by atoms with van der Waals surface area (Å²) in [5, 5.41) is 3.17. The average Bonchev–Trinajstić information content (AvgIpc) is 2.93. The first-order chi connectivity index (χ1) is 11.4. The van der Waals surface area contributed by atoms with Gasteiger partial charge in [-0.15, -0.1) is 0 Å². The van der Waals surface area contributed by atoms with E-state index in [0.717, 1.165) is 31.8 Å². The van der Waals surface area contributed by atoms with Crippen LogP contribution in [0.1, 0.15) is 44.1 Å². The van der Waals surface area contributed by atoms with Gasteiger partial charge in [-0.25, -0.2) is 9.97 Å². The van der Waals surface area contributed by atoms with E-state index in [4.69, 9.17) is 4.74 Å². The number of hydrogen-bond donors (Lipinski definition) is 2. The zero-order valence-electron chi connectivity index (χ0n) is 14.5. The molecule has 3 heterocycles. The van der Waals surface area contributed by atoms with Gasteiger partial charge in [-0.3, -0.25) is 9.78 Å². The zero-order chi connectivity index (χ0) is 17.2. The number of aromatic amines is 1. The van der Waals surface area contributed by atoms with Crippen LogP contribution in [0.25, 0.3) is 0 Å². The van der Waals surface area contributed by atoms with Crippen LogP contribution in [-0.4, -0.2) is 38.3 Å². The Balaban J connectivity index is 1.62. The molecule has 7 nitrogen and oxygen atoms in total. The van der Waals surface area contributed by atoms with Gasteiger partial charge in [0.2, 0.25) is 5.95 Å². The number of rotatable bonds is 5. The molecule has 1 aliphatic rings. The number of anilines is 1. The Bertz CT molecular complexity index is 749. The Labute approximate surface area is 141 Å². The molecule has 0 aromatic carbocycles. The van der Waals surface area contributed by atoms with Crippen LogP contribution in [0.4, 0.5) is 5.95 Å². The van der Waals surface area contributed by atoms with Gasteiger partial charge in [0, 0.05) is 49.8 Å². The third-order valence-corrected chi connectivity index (χ3v) is 4.32. The number of hydrogen-bond acceptors (Lipinski definition) is 5. The molecule has 3 rings (SSSR count). The molecule has 1 unspecified atom stereocenters. The highest BCUT2D eigenvalue weighted by Crippen LogP contribution is 2.34. The number of nitrogens with zero attached hydrogens (tertiary/aromatic N) is 3. The maximum absolute atomic E-state index is 11.5. The lowest BCUT2D eigenvalue weighted by Gasteiger charge is -2.35. The Morgan fingerprint density at radius 2 is 2.33 bits per heavy atom. The fraction of sp³-hybridized carbons (Fsp3) is 0.588. The molecule has 2 aromatic rings. The molecule has 1 aliphatic heterocycles. The summed E-state index contributed by atoms with van der Waals surface area (Å²) in [5.41, 5.74) is 0.467. The third kappa shape index (κ3) is 4.03. The first kappa shape index (κ1) is 16.7. The first-order valence-electron chi connectivity index (χ1n) is 8.40. The number of nitrogens with one attached hydrogen (secondary N) is 2. The van der Waals surface area contributed by atoms with Gasteiger partial charge in [0.05, 0.1) is 5.60 Å². The number of ether oxygens (including phenoxy) is 1. The molecule has 0 aliphatic carbocycles. The molecule has 0 saturated carbocycles. The van der Waals surface area contributed by atoms with Gasteiger partial charge in [-0.05, 0) is 33.6 Å². The summed E-state index contributed by atoms with van der Waals surface area (Å²) in [6, 6.07) is 1.48. The van der Waals surface area contributed by atoms with Crippen molar-refractivity contribution in [3.8, 4) is 0 Å². The van der Waals surface area contributed by atoms with Gasteiger partial charge in [0.25, 0.3) is 5.56 Å². The Morgan fingerprint density at radius 1 is 1.50 bits per heavy atom. The molecular weight excluding hydrogens is 306 g/mol. The van der Waals surface area contributed by atoms with Crippen LogP contribution < -0.4 is 10.9 Å². The average molecular weight is 331 g/mol. The maximum Gasteiger partial charge on any atom is 0.252 e. The van der Waals surface area contributed by atoms with Crippen LogP contribution in [0.2, 0.25) is 0 Å². The molecule has 0 amide bonds. The standard InChI is InChI=1S/C17H25N5O2/c1-12-10-14(23)21-16(20-12)19-6-8-22-7-5-18-15(22)13-4-9-24-17(2,3)11-13/h5,7,10,13H,4,6,8-9,11H2,1-3H3,(H2,19,20,21,23). The summed E-state index contributed by atoms with van der Waals surface area (Å²) in [6.07, 6.45) is 5.83. The van der Waals surface area contributed by atoms with E-state index in [-0.39, 0.29) is 11.2 Å². The van der Waals surface area contributed by atoms with Crippen LogP contribution in [0.3, 0.4) is 0 Å². The normalized spacial score (nSPS) is 20.0. The molecule has 0 bridgehead atoms. The van der Waals surface area contributed by atoms with Crippen molar-refractivity contribution < 1.29 is 4.74 Å². The number of imidazole rings is 1. The number of H-pyrrole nitrogens is 1. The summed E-state index contributed by atoms with van der Waals surface area (Å²) in [6.45, 7) is 8.28. The lowest BCUT2D eigenvalue weighted by molar-refractivity contribution is -0.0606. The van der Waals surface area contributed by atoms with E-state index in [0.29, 0.717) is 24.1 Å². The fourth-order valence-electron chi connectivity index (χ4n) is 3.28. The molecule has 24 heavy (non-hydrogen) atoms. The van der Waals surface area contributed by atoms with Gasteiger partial charge in [0.1, 0.15) is 5.82 Å². The molecule has 2 N–H and O–H groups in total. The molecule has 0 spiro atoms. The zero-order valence-corrected chi connectivity index (χ0v) is 14.5. The summed E-state index contributed by atoms with van der Waals surface area (Å²) in [5.74, 6) is 2.04. The van der Waals surface area contributed by atoms with E-state index in [9.17, 15) is 4.79 Å². The van der Waals surface area contributed by atoms with Crippen LogP contribution in [0.5, 0.6) is 0 Å². The van der Waals surface area contributed by atoms with Crippen molar-refractivity contribution in [3.05, 3.63) is 40.3 Å². The van der Waals surface area contributed by atoms with Crippen molar-refractivity contribution in [1.29, 1.82) is 0 Å². The van der Waals surface area contributed by atoms with Crippen LogP contribution in [0, 0.1) is 6.92 Å². The second-order valence-electron chi connectivity index (χ2n) is 6.94. The smallest absolute Gasteiger partial charge is 0.252 e. The number of aromatic nitrogens is 4. The highest BCUT2D eigenvalue weighted by atomic mass is 16.5.